The van der Waals surface area contributed by atoms with Crippen molar-refractivity contribution >= 4 is 24.2 Å². The highest BCUT2D eigenvalue weighted by Crippen LogP contribution is 2.36. The van der Waals surface area contributed by atoms with Gasteiger partial charge < -0.3 is 14.6 Å². The van der Waals surface area contributed by atoms with E-state index in [2.05, 4.69) is 5.32 Å². The molecule has 136 valence electrons. The average molecular weight is 359 g/mol. The molecule has 0 aromatic heterocycles. The minimum Gasteiger partial charge on any atom is -0.399 e. The van der Waals surface area contributed by atoms with E-state index in [1.54, 1.807) is 24.3 Å². The number of benzene rings is 2. The Balaban J connectivity index is 1.89. The molecule has 0 unspecified atom stereocenters. The number of anilines is 1. The second-order valence-electron chi connectivity index (χ2n) is 7.25. The van der Waals surface area contributed by atoms with Gasteiger partial charge in [0, 0.05) is 11.6 Å². The van der Waals surface area contributed by atoms with Gasteiger partial charge in [0.2, 0.25) is 0 Å². The van der Waals surface area contributed by atoms with Gasteiger partial charge >= 0.3 is 7.12 Å². The number of carbonyl (C=O) groups is 1. The van der Waals surface area contributed by atoms with Crippen molar-refractivity contribution in [3.8, 4) is 0 Å². The second-order valence-corrected chi connectivity index (χ2v) is 7.25. The Morgan fingerprint density at radius 2 is 1.62 bits per heavy atom. The van der Waals surface area contributed by atoms with Gasteiger partial charge in [-0.05, 0) is 51.4 Å². The summed E-state index contributed by atoms with van der Waals surface area (Å²) in [6.07, 6.45) is 0. The van der Waals surface area contributed by atoms with Crippen LogP contribution >= 0.6 is 0 Å². The normalized spacial score (nSPS) is 18.0. The molecule has 4 nitrogen and oxygen atoms in total. The van der Waals surface area contributed by atoms with Crippen molar-refractivity contribution in [1.82, 2.24) is 0 Å². The van der Waals surface area contributed by atoms with Crippen LogP contribution in [0.15, 0.2) is 42.5 Å². The van der Waals surface area contributed by atoms with Crippen LogP contribution in [0.1, 0.15) is 38.1 Å². The lowest BCUT2D eigenvalue weighted by Crippen LogP contribution is -2.41. The molecule has 1 saturated heterocycles. The zero-order valence-electron chi connectivity index (χ0n) is 15.1. The third kappa shape index (κ3) is 3.37. The zero-order valence-corrected chi connectivity index (χ0v) is 15.1. The van der Waals surface area contributed by atoms with Gasteiger partial charge in [-0.1, -0.05) is 18.2 Å². The van der Waals surface area contributed by atoms with Gasteiger partial charge in [0.05, 0.1) is 16.9 Å². The Bertz CT molecular complexity index is 838. The Morgan fingerprint density at radius 1 is 1.00 bits per heavy atom. The minimum atomic E-state index is -0.841. The molecule has 1 fully saturated rings. The van der Waals surface area contributed by atoms with E-state index < -0.39 is 35.9 Å². The standard InChI is InChI=1S/C19H20BF2NO3/c1-18(2)19(3,4)26-20(25-18)14-8-6-5-7-13(14)17(24)23-16-10-9-12(21)11-15(16)22/h5-11H,1-4H3,(H,23,24). The summed E-state index contributed by atoms with van der Waals surface area (Å²) in [4.78, 5) is 12.7. The molecule has 0 radical (unpaired) electrons. The third-order valence-corrected chi connectivity index (χ3v) is 4.89. The fourth-order valence-electron chi connectivity index (χ4n) is 2.66. The van der Waals surface area contributed by atoms with Gasteiger partial charge in [-0.25, -0.2) is 8.78 Å². The first kappa shape index (κ1) is 18.5. The molecule has 1 N–H and O–H groups in total. The lowest BCUT2D eigenvalue weighted by molar-refractivity contribution is 0.00578. The fraction of sp³-hybridized carbons (Fsp3) is 0.316. The first-order valence-electron chi connectivity index (χ1n) is 8.32. The summed E-state index contributed by atoms with van der Waals surface area (Å²) in [6, 6.07) is 9.80. The number of carbonyl (C=O) groups excluding carboxylic acids is 1. The Labute approximate surface area is 151 Å². The van der Waals surface area contributed by atoms with Crippen LogP contribution in [0.25, 0.3) is 0 Å². The molecule has 1 heterocycles. The van der Waals surface area contributed by atoms with E-state index in [-0.39, 0.29) is 5.69 Å². The molecule has 1 aliphatic rings. The van der Waals surface area contributed by atoms with Crippen molar-refractivity contribution in [2.45, 2.75) is 38.9 Å². The molecule has 7 heteroatoms. The van der Waals surface area contributed by atoms with Crippen LogP contribution < -0.4 is 10.8 Å². The molecule has 0 atom stereocenters. The quantitative estimate of drug-likeness (QED) is 0.854. The van der Waals surface area contributed by atoms with Crippen molar-refractivity contribution in [3.63, 3.8) is 0 Å². The van der Waals surface area contributed by atoms with Crippen molar-refractivity contribution in [3.05, 3.63) is 59.7 Å². The summed E-state index contributed by atoms with van der Waals surface area (Å²) < 4.78 is 38.9. The molecule has 0 bridgehead atoms. The first-order chi connectivity index (χ1) is 12.1. The highest BCUT2D eigenvalue weighted by Gasteiger charge is 2.52. The minimum absolute atomic E-state index is 0.0971. The van der Waals surface area contributed by atoms with E-state index in [9.17, 15) is 13.6 Å². The summed E-state index contributed by atoms with van der Waals surface area (Å²) >= 11 is 0. The molecular formula is C19H20BF2NO3. The van der Waals surface area contributed by atoms with Crippen LogP contribution in [0, 0.1) is 11.6 Å². The van der Waals surface area contributed by atoms with E-state index in [1.165, 1.54) is 6.07 Å². The zero-order chi connectivity index (χ0) is 19.1. The molecule has 3 rings (SSSR count). The van der Waals surface area contributed by atoms with Gasteiger partial charge in [0.15, 0.2) is 0 Å². The molecule has 26 heavy (non-hydrogen) atoms. The maximum atomic E-state index is 13.8. The number of nitrogens with one attached hydrogen (secondary N) is 1. The number of amides is 1. The largest absolute Gasteiger partial charge is 0.495 e. The van der Waals surface area contributed by atoms with Crippen LogP contribution in [-0.4, -0.2) is 24.2 Å². The molecule has 0 spiro atoms. The predicted molar refractivity (Wildman–Crippen MR) is 96.5 cm³/mol. The van der Waals surface area contributed by atoms with Gasteiger partial charge in [-0.15, -0.1) is 0 Å². The van der Waals surface area contributed by atoms with E-state index in [0.717, 1.165) is 12.1 Å². The van der Waals surface area contributed by atoms with E-state index in [1.807, 2.05) is 27.7 Å². The smallest absolute Gasteiger partial charge is 0.399 e. The number of rotatable bonds is 3. The van der Waals surface area contributed by atoms with Crippen LogP contribution in [0.3, 0.4) is 0 Å². The SMILES string of the molecule is CC1(C)OB(c2ccccc2C(=O)Nc2ccc(F)cc2F)OC1(C)C. The lowest BCUT2D eigenvalue weighted by Gasteiger charge is -2.32. The topological polar surface area (TPSA) is 47.6 Å². The number of hydrogen-bond donors (Lipinski definition) is 1. The third-order valence-electron chi connectivity index (χ3n) is 4.89. The predicted octanol–water partition coefficient (Wildman–Crippen LogP) is 3.52. The molecule has 2 aromatic carbocycles. The van der Waals surface area contributed by atoms with Crippen LogP contribution in [0.5, 0.6) is 0 Å². The molecule has 0 saturated carbocycles. The van der Waals surface area contributed by atoms with E-state index in [4.69, 9.17) is 9.31 Å². The van der Waals surface area contributed by atoms with Crippen molar-refractivity contribution in [2.24, 2.45) is 0 Å². The molecule has 0 aliphatic carbocycles. The molecule has 1 amide bonds. The second kappa shape index (κ2) is 6.48. The molecular weight excluding hydrogens is 339 g/mol. The van der Waals surface area contributed by atoms with Gasteiger partial charge in [-0.2, -0.15) is 0 Å². The summed E-state index contributed by atoms with van der Waals surface area (Å²) in [5, 5.41) is 2.47. The van der Waals surface area contributed by atoms with Gasteiger partial charge in [-0.3, -0.25) is 4.79 Å². The number of hydrogen-bond acceptors (Lipinski definition) is 3. The summed E-state index contributed by atoms with van der Waals surface area (Å²) in [5.74, 6) is -2.08. The highest BCUT2D eigenvalue weighted by molar-refractivity contribution is 6.63. The van der Waals surface area contributed by atoms with Gasteiger partial charge in [0.25, 0.3) is 5.91 Å². The first-order valence-corrected chi connectivity index (χ1v) is 8.32. The van der Waals surface area contributed by atoms with Crippen LogP contribution in [0.2, 0.25) is 0 Å². The lowest BCUT2D eigenvalue weighted by atomic mass is 9.75. The Kier molecular flexibility index (Phi) is 4.62. The average Bonchev–Trinajstić information content (AvgIpc) is 2.78. The monoisotopic (exact) mass is 359 g/mol. The van der Waals surface area contributed by atoms with E-state index in [0.29, 0.717) is 11.0 Å². The van der Waals surface area contributed by atoms with Crippen molar-refractivity contribution in [1.29, 1.82) is 0 Å². The Morgan fingerprint density at radius 3 is 2.23 bits per heavy atom. The summed E-state index contributed by atoms with van der Waals surface area (Å²) in [5.41, 5.74) is -0.352. The summed E-state index contributed by atoms with van der Waals surface area (Å²) in [7, 11) is -0.722. The van der Waals surface area contributed by atoms with Crippen molar-refractivity contribution in [2.75, 3.05) is 5.32 Å². The van der Waals surface area contributed by atoms with Crippen LogP contribution in [-0.2, 0) is 9.31 Å². The fourth-order valence-corrected chi connectivity index (χ4v) is 2.66. The maximum Gasteiger partial charge on any atom is 0.495 e. The Hall–Kier alpha value is -2.25. The maximum absolute atomic E-state index is 13.8. The van der Waals surface area contributed by atoms with Crippen LogP contribution in [0.4, 0.5) is 14.5 Å². The van der Waals surface area contributed by atoms with E-state index >= 15 is 0 Å². The van der Waals surface area contributed by atoms with Gasteiger partial charge in [0.1, 0.15) is 11.6 Å². The molecule has 1 aliphatic heterocycles. The summed E-state index contributed by atoms with van der Waals surface area (Å²) in [6.45, 7) is 7.68. The molecule has 2 aromatic rings. The number of halogens is 2. The highest BCUT2D eigenvalue weighted by atomic mass is 19.1. The van der Waals surface area contributed by atoms with Crippen molar-refractivity contribution < 1.29 is 22.9 Å².